The highest BCUT2D eigenvalue weighted by molar-refractivity contribution is 5.84. The van der Waals surface area contributed by atoms with Gasteiger partial charge in [-0.2, -0.15) is 0 Å². The van der Waals surface area contributed by atoms with Gasteiger partial charge in [0.2, 0.25) is 5.91 Å². The highest BCUT2D eigenvalue weighted by Crippen LogP contribution is 2.19. The van der Waals surface area contributed by atoms with Crippen molar-refractivity contribution in [1.29, 1.82) is 0 Å². The van der Waals surface area contributed by atoms with Crippen LogP contribution in [0.1, 0.15) is 27.2 Å². The summed E-state index contributed by atoms with van der Waals surface area (Å²) >= 11 is 0. The molecule has 0 spiro atoms. The van der Waals surface area contributed by atoms with E-state index >= 15 is 0 Å². The fraction of sp³-hybridized carbons (Fsp3) is 0.438. The summed E-state index contributed by atoms with van der Waals surface area (Å²) in [4.78, 5) is 11.8. The van der Waals surface area contributed by atoms with E-state index in [0.717, 1.165) is 17.9 Å². The molecule has 0 bridgehead atoms. The third-order valence-electron chi connectivity index (χ3n) is 2.94. The highest BCUT2D eigenvalue weighted by atomic mass is 16.5. The van der Waals surface area contributed by atoms with Gasteiger partial charge in [-0.3, -0.25) is 4.79 Å². The predicted molar refractivity (Wildman–Crippen MR) is 83.1 cm³/mol. The van der Waals surface area contributed by atoms with Crippen LogP contribution < -0.4 is 15.4 Å². The van der Waals surface area contributed by atoms with E-state index in [-0.39, 0.29) is 18.1 Å². The van der Waals surface area contributed by atoms with E-state index < -0.39 is 0 Å². The van der Waals surface area contributed by atoms with Crippen LogP contribution >= 0.6 is 0 Å². The van der Waals surface area contributed by atoms with E-state index in [1.807, 2.05) is 38.1 Å². The molecule has 2 atom stereocenters. The van der Waals surface area contributed by atoms with E-state index in [4.69, 9.17) is 4.74 Å². The van der Waals surface area contributed by atoms with E-state index in [1.54, 1.807) is 6.08 Å². The molecule has 4 heteroatoms. The fourth-order valence-electron chi connectivity index (χ4n) is 1.62. The molecule has 0 aliphatic heterocycles. The van der Waals surface area contributed by atoms with Crippen molar-refractivity contribution < 1.29 is 9.53 Å². The molecule has 0 saturated heterocycles. The molecule has 2 N–H and O–H groups in total. The average Bonchev–Trinajstić information content (AvgIpc) is 2.44. The zero-order valence-electron chi connectivity index (χ0n) is 12.5. The van der Waals surface area contributed by atoms with Crippen LogP contribution in [0.15, 0.2) is 36.9 Å². The van der Waals surface area contributed by atoms with Gasteiger partial charge in [-0.15, -0.1) is 6.58 Å². The van der Waals surface area contributed by atoms with E-state index in [1.165, 1.54) is 0 Å². The van der Waals surface area contributed by atoms with Crippen LogP contribution in [0.4, 0.5) is 5.69 Å². The summed E-state index contributed by atoms with van der Waals surface area (Å²) in [6, 6.07) is 7.34. The van der Waals surface area contributed by atoms with Crippen molar-refractivity contribution in [2.45, 2.75) is 39.3 Å². The first-order valence-corrected chi connectivity index (χ1v) is 6.98. The molecule has 2 unspecified atom stereocenters. The van der Waals surface area contributed by atoms with Gasteiger partial charge in [0.1, 0.15) is 11.8 Å². The second-order valence-electron chi connectivity index (χ2n) is 4.76. The van der Waals surface area contributed by atoms with Crippen LogP contribution in [-0.2, 0) is 4.79 Å². The topological polar surface area (TPSA) is 50.4 Å². The lowest BCUT2D eigenvalue weighted by molar-refractivity contribution is -0.121. The Morgan fingerprint density at radius 3 is 2.85 bits per heavy atom. The highest BCUT2D eigenvalue weighted by Gasteiger charge is 2.11. The zero-order chi connectivity index (χ0) is 15.0. The number of carbonyl (C=O) groups is 1. The van der Waals surface area contributed by atoms with Crippen molar-refractivity contribution in [2.75, 3.05) is 11.9 Å². The third-order valence-corrected chi connectivity index (χ3v) is 2.94. The summed E-state index contributed by atoms with van der Waals surface area (Å²) in [6.07, 6.45) is 2.79. The number of amides is 1. The number of carbonyl (C=O) groups excluding carboxylic acids is 1. The zero-order valence-corrected chi connectivity index (χ0v) is 12.5. The van der Waals surface area contributed by atoms with Crippen LogP contribution in [0.25, 0.3) is 0 Å². The molecule has 0 fully saturated rings. The van der Waals surface area contributed by atoms with Crippen LogP contribution in [0.3, 0.4) is 0 Å². The summed E-state index contributed by atoms with van der Waals surface area (Å²) in [5, 5.41) is 5.91. The molecule has 1 aromatic rings. The Kier molecular flexibility index (Phi) is 6.64. The van der Waals surface area contributed by atoms with Crippen molar-refractivity contribution in [3.05, 3.63) is 36.9 Å². The van der Waals surface area contributed by atoms with E-state index in [2.05, 4.69) is 24.1 Å². The fourth-order valence-corrected chi connectivity index (χ4v) is 1.62. The number of anilines is 1. The minimum absolute atomic E-state index is 0.0573. The Labute approximate surface area is 121 Å². The molecule has 20 heavy (non-hydrogen) atoms. The third kappa shape index (κ3) is 5.34. The van der Waals surface area contributed by atoms with Crippen LogP contribution in [0.5, 0.6) is 5.75 Å². The van der Waals surface area contributed by atoms with Gasteiger partial charge >= 0.3 is 0 Å². The number of rotatable bonds is 8. The van der Waals surface area contributed by atoms with Crippen molar-refractivity contribution >= 4 is 11.6 Å². The Balaban J connectivity index is 2.61. The van der Waals surface area contributed by atoms with Gasteiger partial charge in [0.15, 0.2) is 0 Å². The lowest BCUT2D eigenvalue weighted by Gasteiger charge is -2.17. The maximum absolute atomic E-state index is 11.8. The molecule has 1 rings (SSSR count). The van der Waals surface area contributed by atoms with Gasteiger partial charge in [-0.1, -0.05) is 19.1 Å². The Hall–Kier alpha value is -1.97. The van der Waals surface area contributed by atoms with Crippen LogP contribution in [0.2, 0.25) is 0 Å². The quantitative estimate of drug-likeness (QED) is 0.718. The normalized spacial score (nSPS) is 13.2. The molecule has 0 aliphatic rings. The maximum atomic E-state index is 11.8. The average molecular weight is 276 g/mol. The molecule has 110 valence electrons. The first-order chi connectivity index (χ1) is 9.56. The van der Waals surface area contributed by atoms with Gasteiger partial charge in [-0.25, -0.2) is 0 Å². The lowest BCUT2D eigenvalue weighted by Crippen LogP contribution is -2.37. The van der Waals surface area contributed by atoms with Gasteiger partial charge in [0.25, 0.3) is 0 Å². The minimum atomic E-state index is -0.311. The second kappa shape index (κ2) is 8.25. The van der Waals surface area contributed by atoms with Crippen LogP contribution in [0, 0.1) is 0 Å². The summed E-state index contributed by atoms with van der Waals surface area (Å²) in [5.41, 5.74) is 0.868. The van der Waals surface area contributed by atoms with Gasteiger partial charge in [0.05, 0.1) is 6.10 Å². The van der Waals surface area contributed by atoms with Crippen molar-refractivity contribution in [1.82, 2.24) is 5.32 Å². The van der Waals surface area contributed by atoms with Crippen LogP contribution in [-0.4, -0.2) is 24.6 Å². The molecule has 0 radical (unpaired) electrons. The first kappa shape index (κ1) is 16.1. The Morgan fingerprint density at radius 2 is 2.20 bits per heavy atom. The smallest absolute Gasteiger partial charge is 0.242 e. The van der Waals surface area contributed by atoms with Gasteiger partial charge in [-0.05, 0) is 32.4 Å². The second-order valence-corrected chi connectivity index (χ2v) is 4.76. The first-order valence-electron chi connectivity index (χ1n) is 6.98. The molecule has 1 amide bonds. The Bertz CT molecular complexity index is 446. The molecular weight excluding hydrogens is 252 g/mol. The lowest BCUT2D eigenvalue weighted by atomic mass is 10.2. The summed E-state index contributed by atoms with van der Waals surface area (Å²) in [7, 11) is 0. The number of benzene rings is 1. The number of nitrogens with one attached hydrogen (secondary N) is 2. The van der Waals surface area contributed by atoms with E-state index in [9.17, 15) is 4.79 Å². The molecule has 4 nitrogen and oxygen atoms in total. The summed E-state index contributed by atoms with van der Waals surface area (Å²) < 4.78 is 5.76. The molecule has 0 heterocycles. The van der Waals surface area contributed by atoms with E-state index in [0.29, 0.717) is 6.54 Å². The maximum Gasteiger partial charge on any atom is 0.242 e. The van der Waals surface area contributed by atoms with Crippen molar-refractivity contribution in [3.63, 3.8) is 0 Å². The Morgan fingerprint density at radius 1 is 1.45 bits per heavy atom. The molecule has 0 aromatic heterocycles. The molecule has 1 aromatic carbocycles. The summed E-state index contributed by atoms with van der Waals surface area (Å²) in [6.45, 7) is 9.98. The number of hydrogen-bond donors (Lipinski definition) is 2. The molecule has 0 aliphatic carbocycles. The monoisotopic (exact) mass is 276 g/mol. The minimum Gasteiger partial charge on any atom is -0.491 e. The SMILES string of the molecule is C=CCNC(=O)C(C)Nc1cccc(OC(C)CC)c1. The van der Waals surface area contributed by atoms with Gasteiger partial charge in [0, 0.05) is 18.3 Å². The molecular formula is C16H24N2O2. The van der Waals surface area contributed by atoms with Gasteiger partial charge < -0.3 is 15.4 Å². The largest absolute Gasteiger partial charge is 0.491 e. The molecule has 0 saturated carbocycles. The predicted octanol–water partition coefficient (Wildman–Crippen LogP) is 2.97. The summed E-state index contributed by atoms with van der Waals surface area (Å²) in [5.74, 6) is 0.751. The standard InChI is InChI=1S/C16H24N2O2/c1-5-10-17-16(19)13(4)18-14-8-7-9-15(11-14)20-12(3)6-2/h5,7-9,11-13,18H,1,6,10H2,2-4H3,(H,17,19). The van der Waals surface area contributed by atoms with Crippen molar-refractivity contribution in [2.24, 2.45) is 0 Å². The van der Waals surface area contributed by atoms with Crippen molar-refractivity contribution in [3.8, 4) is 5.75 Å². The number of ether oxygens (including phenoxy) is 1. The number of hydrogen-bond acceptors (Lipinski definition) is 3.